The van der Waals surface area contributed by atoms with E-state index in [0.29, 0.717) is 22.2 Å². The quantitative estimate of drug-likeness (QED) is 0.259. The van der Waals surface area contributed by atoms with Gasteiger partial charge in [-0.15, -0.1) is 0 Å². The number of aliphatic hydroxyl groups is 1. The number of nitrogens with zero attached hydrogens (tertiary/aromatic N) is 2. The van der Waals surface area contributed by atoms with Crippen molar-refractivity contribution in [2.75, 3.05) is 4.90 Å². The number of fused-ring (bicyclic) bond motifs is 1. The third kappa shape index (κ3) is 3.22. The van der Waals surface area contributed by atoms with E-state index in [1.807, 2.05) is 24.3 Å². The van der Waals surface area contributed by atoms with Gasteiger partial charge in [0.1, 0.15) is 23.3 Å². The number of aryl methyl sites for hydroxylation is 2. The SMILES string of the molecule is CCc1ccc2nc(N3C(=O)C(=O)/C(=C(/O)c4ccccc4)[C@H]3c3ccc(C)o3)sc2c1. The summed E-state index contributed by atoms with van der Waals surface area (Å²) in [6, 6.07) is 17.3. The number of aliphatic hydroxyl groups excluding tert-OH is 1. The Morgan fingerprint density at radius 1 is 1.12 bits per heavy atom. The number of hydrogen-bond acceptors (Lipinski definition) is 6. The van der Waals surface area contributed by atoms with Crippen LogP contribution in [0.5, 0.6) is 0 Å². The van der Waals surface area contributed by atoms with Gasteiger partial charge >= 0.3 is 5.91 Å². The number of Topliss-reactive ketones (excluding diaryl/α,β-unsaturated/α-hetero) is 1. The van der Waals surface area contributed by atoms with Crippen molar-refractivity contribution in [2.45, 2.75) is 26.3 Å². The van der Waals surface area contributed by atoms with Crippen molar-refractivity contribution in [1.82, 2.24) is 4.98 Å². The summed E-state index contributed by atoms with van der Waals surface area (Å²) in [6.45, 7) is 3.86. The van der Waals surface area contributed by atoms with Gasteiger partial charge in [-0.05, 0) is 43.2 Å². The summed E-state index contributed by atoms with van der Waals surface area (Å²) >= 11 is 1.34. The summed E-state index contributed by atoms with van der Waals surface area (Å²) in [4.78, 5) is 32.3. The van der Waals surface area contributed by atoms with Gasteiger partial charge in [0, 0.05) is 5.56 Å². The summed E-state index contributed by atoms with van der Waals surface area (Å²) in [5.41, 5.74) is 2.36. The van der Waals surface area contributed by atoms with Crippen molar-refractivity contribution in [3.63, 3.8) is 0 Å². The number of thiazole rings is 1. The molecular weight excluding hydrogens is 424 g/mol. The molecule has 1 atom stereocenters. The van der Waals surface area contributed by atoms with Crippen molar-refractivity contribution in [1.29, 1.82) is 0 Å². The van der Waals surface area contributed by atoms with Gasteiger partial charge in [-0.2, -0.15) is 0 Å². The predicted octanol–water partition coefficient (Wildman–Crippen LogP) is 5.39. The minimum atomic E-state index is -0.907. The predicted molar refractivity (Wildman–Crippen MR) is 124 cm³/mol. The minimum Gasteiger partial charge on any atom is -0.507 e. The molecule has 1 aliphatic rings. The molecule has 1 aliphatic heterocycles. The standard InChI is InChI=1S/C25H20N2O4S/c1-3-15-10-11-17-19(13-15)32-25(26-17)27-21(18-12-9-14(2)31-18)20(23(29)24(27)30)22(28)16-7-5-4-6-8-16/h4-13,21,28H,3H2,1-2H3/b22-20+/t21-/m1/s1. The molecule has 7 heteroatoms. The number of amides is 1. The van der Waals surface area contributed by atoms with E-state index in [1.165, 1.54) is 16.2 Å². The molecule has 5 rings (SSSR count). The van der Waals surface area contributed by atoms with E-state index in [-0.39, 0.29) is 11.3 Å². The monoisotopic (exact) mass is 444 g/mol. The van der Waals surface area contributed by atoms with E-state index in [2.05, 4.69) is 11.9 Å². The first-order valence-electron chi connectivity index (χ1n) is 10.3. The van der Waals surface area contributed by atoms with Gasteiger partial charge in [-0.1, -0.05) is 54.7 Å². The van der Waals surface area contributed by atoms with Crippen LogP contribution >= 0.6 is 11.3 Å². The molecule has 2 aromatic heterocycles. The number of anilines is 1. The normalized spacial score (nSPS) is 18.1. The van der Waals surface area contributed by atoms with Crippen LogP contribution in [-0.4, -0.2) is 21.8 Å². The smallest absolute Gasteiger partial charge is 0.302 e. The van der Waals surface area contributed by atoms with E-state index in [4.69, 9.17) is 4.42 Å². The number of benzene rings is 2. The lowest BCUT2D eigenvalue weighted by atomic mass is 9.99. The molecule has 1 saturated heterocycles. The fourth-order valence-electron chi connectivity index (χ4n) is 3.93. The van der Waals surface area contributed by atoms with Crippen LogP contribution < -0.4 is 4.90 Å². The Kier molecular flexibility index (Phi) is 4.90. The maximum absolute atomic E-state index is 13.2. The second kappa shape index (κ2) is 7.76. The van der Waals surface area contributed by atoms with Crippen LogP contribution in [0.4, 0.5) is 5.13 Å². The summed E-state index contributed by atoms with van der Waals surface area (Å²) < 4.78 is 6.76. The molecule has 0 radical (unpaired) electrons. The minimum absolute atomic E-state index is 0.0101. The average Bonchev–Trinajstić information content (AvgIpc) is 3.49. The lowest BCUT2D eigenvalue weighted by Crippen LogP contribution is -2.29. The van der Waals surface area contributed by atoms with Crippen molar-refractivity contribution in [2.24, 2.45) is 0 Å². The molecule has 0 spiro atoms. The van der Waals surface area contributed by atoms with Gasteiger partial charge in [0.05, 0.1) is 15.8 Å². The third-order valence-electron chi connectivity index (χ3n) is 5.58. The molecule has 0 bridgehead atoms. The molecule has 32 heavy (non-hydrogen) atoms. The number of aromatic nitrogens is 1. The maximum Gasteiger partial charge on any atom is 0.302 e. The zero-order valence-corrected chi connectivity index (χ0v) is 18.3. The number of carbonyl (C=O) groups is 2. The number of carbonyl (C=O) groups excluding carboxylic acids is 2. The van der Waals surface area contributed by atoms with Gasteiger partial charge in [0.25, 0.3) is 5.78 Å². The topological polar surface area (TPSA) is 83.6 Å². The highest BCUT2D eigenvalue weighted by molar-refractivity contribution is 7.22. The summed E-state index contributed by atoms with van der Waals surface area (Å²) in [7, 11) is 0. The zero-order chi connectivity index (χ0) is 22.4. The fraction of sp³-hybridized carbons (Fsp3) is 0.160. The Morgan fingerprint density at radius 3 is 2.59 bits per heavy atom. The lowest BCUT2D eigenvalue weighted by Gasteiger charge is -2.20. The third-order valence-corrected chi connectivity index (χ3v) is 6.60. The van der Waals surface area contributed by atoms with Gasteiger partial charge in [0.15, 0.2) is 5.13 Å². The van der Waals surface area contributed by atoms with Crippen LogP contribution in [0.25, 0.3) is 16.0 Å². The highest BCUT2D eigenvalue weighted by Crippen LogP contribution is 2.44. The number of hydrogen-bond donors (Lipinski definition) is 1. The first kappa shape index (κ1) is 20.2. The van der Waals surface area contributed by atoms with Crippen LogP contribution in [0.15, 0.2) is 70.7 Å². The number of furan rings is 1. The van der Waals surface area contributed by atoms with Crippen LogP contribution in [0.1, 0.15) is 35.6 Å². The molecule has 160 valence electrons. The second-order valence-electron chi connectivity index (χ2n) is 7.64. The molecular formula is C25H20N2O4S. The van der Waals surface area contributed by atoms with E-state index >= 15 is 0 Å². The Balaban J connectivity index is 1.71. The Morgan fingerprint density at radius 2 is 1.91 bits per heavy atom. The van der Waals surface area contributed by atoms with Crippen LogP contribution in [-0.2, 0) is 16.0 Å². The van der Waals surface area contributed by atoms with Gasteiger partial charge in [-0.25, -0.2) is 4.98 Å². The number of ketones is 1. The van der Waals surface area contributed by atoms with Crippen LogP contribution in [0, 0.1) is 6.92 Å². The summed E-state index contributed by atoms with van der Waals surface area (Å²) in [5.74, 6) is -0.704. The molecule has 0 unspecified atom stereocenters. The molecule has 0 aliphatic carbocycles. The average molecular weight is 445 g/mol. The molecule has 1 amide bonds. The van der Waals surface area contributed by atoms with E-state index in [9.17, 15) is 14.7 Å². The van der Waals surface area contributed by atoms with E-state index in [1.54, 1.807) is 43.3 Å². The fourth-order valence-corrected chi connectivity index (χ4v) is 4.99. The molecule has 3 heterocycles. The molecule has 6 nitrogen and oxygen atoms in total. The Labute approximate surface area is 188 Å². The van der Waals surface area contributed by atoms with Gasteiger partial charge < -0.3 is 9.52 Å². The maximum atomic E-state index is 13.2. The first-order valence-corrected chi connectivity index (χ1v) is 11.1. The Bertz CT molecular complexity index is 1380. The summed E-state index contributed by atoms with van der Waals surface area (Å²) in [5, 5.41) is 11.4. The highest BCUT2D eigenvalue weighted by atomic mass is 32.1. The van der Waals surface area contributed by atoms with E-state index < -0.39 is 17.7 Å². The van der Waals surface area contributed by atoms with Gasteiger partial charge in [0.2, 0.25) is 0 Å². The second-order valence-corrected chi connectivity index (χ2v) is 8.64. The molecule has 4 aromatic rings. The molecule has 1 fully saturated rings. The molecule has 2 aromatic carbocycles. The first-order chi connectivity index (χ1) is 15.5. The van der Waals surface area contributed by atoms with Gasteiger partial charge in [-0.3, -0.25) is 14.5 Å². The largest absolute Gasteiger partial charge is 0.507 e. The van der Waals surface area contributed by atoms with Crippen molar-refractivity contribution in [3.8, 4) is 0 Å². The lowest BCUT2D eigenvalue weighted by molar-refractivity contribution is -0.132. The zero-order valence-electron chi connectivity index (χ0n) is 17.5. The van der Waals surface area contributed by atoms with Crippen molar-refractivity contribution >= 4 is 44.1 Å². The highest BCUT2D eigenvalue weighted by Gasteiger charge is 2.49. The van der Waals surface area contributed by atoms with E-state index in [0.717, 1.165) is 22.2 Å². The van der Waals surface area contributed by atoms with Crippen LogP contribution in [0.2, 0.25) is 0 Å². The molecule has 0 saturated carbocycles. The van der Waals surface area contributed by atoms with Crippen molar-refractivity contribution < 1.29 is 19.1 Å². The van der Waals surface area contributed by atoms with Crippen molar-refractivity contribution in [3.05, 3.63) is 88.9 Å². The molecule has 1 N–H and O–H groups in total. The Hall–Kier alpha value is -3.71. The van der Waals surface area contributed by atoms with Crippen LogP contribution in [0.3, 0.4) is 0 Å². The number of rotatable bonds is 4. The summed E-state index contributed by atoms with van der Waals surface area (Å²) in [6.07, 6.45) is 0.885.